The van der Waals surface area contributed by atoms with E-state index in [0.717, 1.165) is 34.6 Å². The molecule has 0 unspecified atom stereocenters. The maximum absolute atomic E-state index is 6.01. The lowest BCUT2D eigenvalue weighted by molar-refractivity contribution is 0.0526. The zero-order chi connectivity index (χ0) is 15.9. The number of fused-ring (bicyclic) bond motifs is 4. The van der Waals surface area contributed by atoms with Crippen molar-refractivity contribution < 1.29 is 14.2 Å². The number of aromatic nitrogens is 2. The molecular formula is C18H16N2O3S. The van der Waals surface area contributed by atoms with Crippen LogP contribution in [0.4, 0.5) is 0 Å². The molecule has 1 aromatic carbocycles. The van der Waals surface area contributed by atoms with E-state index in [1.807, 2.05) is 24.3 Å². The second-order valence-electron chi connectivity index (χ2n) is 6.02. The summed E-state index contributed by atoms with van der Waals surface area (Å²) in [5.41, 5.74) is 1.37. The number of para-hydroxylation sites is 2. The van der Waals surface area contributed by atoms with Gasteiger partial charge < -0.3 is 14.2 Å². The maximum atomic E-state index is 6.01. The summed E-state index contributed by atoms with van der Waals surface area (Å²) in [6, 6.07) is 7.70. The van der Waals surface area contributed by atoms with Crippen LogP contribution >= 0.6 is 11.3 Å². The van der Waals surface area contributed by atoms with Gasteiger partial charge in [0.25, 0.3) is 0 Å². The highest BCUT2D eigenvalue weighted by Crippen LogP contribution is 2.40. The van der Waals surface area contributed by atoms with Gasteiger partial charge in [-0.25, -0.2) is 9.97 Å². The zero-order valence-electron chi connectivity index (χ0n) is 13.0. The Morgan fingerprint density at radius 1 is 1.17 bits per heavy atom. The van der Waals surface area contributed by atoms with Gasteiger partial charge in [0.2, 0.25) is 5.88 Å². The summed E-state index contributed by atoms with van der Waals surface area (Å²) >= 11 is 1.77. The molecule has 1 aliphatic heterocycles. The third-order valence-electron chi connectivity index (χ3n) is 4.44. The molecule has 1 aliphatic carbocycles. The van der Waals surface area contributed by atoms with Crippen LogP contribution in [0, 0.1) is 0 Å². The van der Waals surface area contributed by atoms with E-state index in [1.165, 1.54) is 16.9 Å². The fourth-order valence-electron chi connectivity index (χ4n) is 3.33. The molecule has 0 N–H and O–H groups in total. The summed E-state index contributed by atoms with van der Waals surface area (Å²) in [5.74, 6) is 2.22. The topological polar surface area (TPSA) is 53.5 Å². The van der Waals surface area contributed by atoms with Gasteiger partial charge >= 0.3 is 0 Å². The first kappa shape index (κ1) is 14.0. The Bertz CT molecular complexity index is 908. The van der Waals surface area contributed by atoms with Crippen molar-refractivity contribution >= 4 is 21.6 Å². The molecule has 5 nitrogen and oxygen atoms in total. The molecule has 0 saturated carbocycles. The fourth-order valence-corrected chi connectivity index (χ4v) is 4.55. The van der Waals surface area contributed by atoms with Crippen molar-refractivity contribution in [2.75, 3.05) is 13.2 Å². The summed E-state index contributed by atoms with van der Waals surface area (Å²) in [7, 11) is 0. The Labute approximate surface area is 143 Å². The Kier molecular flexibility index (Phi) is 3.29. The molecule has 5 rings (SSSR count). The summed E-state index contributed by atoms with van der Waals surface area (Å²) in [6.07, 6.45) is 4.89. The van der Waals surface area contributed by atoms with Crippen LogP contribution in [0.15, 0.2) is 30.6 Å². The molecule has 1 atom stereocenters. The molecule has 24 heavy (non-hydrogen) atoms. The summed E-state index contributed by atoms with van der Waals surface area (Å²) in [4.78, 5) is 11.2. The Balaban J connectivity index is 1.37. The van der Waals surface area contributed by atoms with Crippen LogP contribution in [0.1, 0.15) is 16.9 Å². The minimum atomic E-state index is -0.142. The Morgan fingerprint density at radius 3 is 3.04 bits per heavy atom. The Morgan fingerprint density at radius 2 is 2.08 bits per heavy atom. The number of rotatable bonds is 3. The van der Waals surface area contributed by atoms with Crippen LogP contribution in [0.3, 0.4) is 0 Å². The van der Waals surface area contributed by atoms with E-state index in [1.54, 1.807) is 17.7 Å². The Hall–Kier alpha value is -2.34. The highest BCUT2D eigenvalue weighted by molar-refractivity contribution is 7.18. The number of hydrogen-bond acceptors (Lipinski definition) is 6. The molecule has 0 bridgehead atoms. The molecule has 6 heteroatoms. The van der Waals surface area contributed by atoms with Crippen LogP contribution in [0.5, 0.6) is 17.4 Å². The molecule has 3 heterocycles. The predicted octanol–water partition coefficient (Wildman–Crippen LogP) is 3.40. The third-order valence-corrected chi connectivity index (χ3v) is 5.64. The van der Waals surface area contributed by atoms with Gasteiger partial charge in [-0.3, -0.25) is 0 Å². The number of nitrogens with zero attached hydrogens (tertiary/aromatic N) is 2. The van der Waals surface area contributed by atoms with Crippen molar-refractivity contribution in [2.45, 2.75) is 25.4 Å². The van der Waals surface area contributed by atoms with E-state index >= 15 is 0 Å². The van der Waals surface area contributed by atoms with Gasteiger partial charge in [0, 0.05) is 4.88 Å². The monoisotopic (exact) mass is 340 g/mol. The molecule has 0 spiro atoms. The highest BCUT2D eigenvalue weighted by atomic mass is 32.1. The van der Waals surface area contributed by atoms with Crippen LogP contribution in [-0.2, 0) is 12.8 Å². The molecule has 2 aromatic heterocycles. The minimum absolute atomic E-state index is 0.142. The molecule has 122 valence electrons. The van der Waals surface area contributed by atoms with Crippen molar-refractivity contribution in [3.63, 3.8) is 0 Å². The quantitative estimate of drug-likeness (QED) is 0.731. The van der Waals surface area contributed by atoms with Gasteiger partial charge in [0.15, 0.2) is 17.6 Å². The van der Waals surface area contributed by atoms with E-state index in [0.29, 0.717) is 19.1 Å². The van der Waals surface area contributed by atoms with Crippen molar-refractivity contribution in [2.24, 2.45) is 0 Å². The van der Waals surface area contributed by atoms with Gasteiger partial charge in [0.1, 0.15) is 24.4 Å². The second kappa shape index (κ2) is 5.63. The number of aryl methyl sites for hydroxylation is 2. The average Bonchev–Trinajstić information content (AvgIpc) is 3.20. The van der Waals surface area contributed by atoms with E-state index in [9.17, 15) is 0 Å². The van der Waals surface area contributed by atoms with Gasteiger partial charge in [-0.1, -0.05) is 12.1 Å². The van der Waals surface area contributed by atoms with Gasteiger partial charge in [-0.05, 0) is 37.0 Å². The van der Waals surface area contributed by atoms with Crippen molar-refractivity contribution in [3.8, 4) is 17.4 Å². The lowest BCUT2D eigenvalue weighted by atomic mass is 10.2. The van der Waals surface area contributed by atoms with Gasteiger partial charge in [-0.15, -0.1) is 11.3 Å². The molecular weight excluding hydrogens is 324 g/mol. The highest BCUT2D eigenvalue weighted by Gasteiger charge is 2.24. The van der Waals surface area contributed by atoms with Crippen LogP contribution < -0.4 is 14.2 Å². The molecule has 0 fully saturated rings. The van der Waals surface area contributed by atoms with E-state index in [4.69, 9.17) is 14.2 Å². The number of benzene rings is 1. The van der Waals surface area contributed by atoms with Crippen molar-refractivity contribution in [1.82, 2.24) is 9.97 Å². The number of hydrogen-bond donors (Lipinski definition) is 0. The summed E-state index contributed by atoms with van der Waals surface area (Å²) < 4.78 is 17.7. The maximum Gasteiger partial charge on any atom is 0.225 e. The number of ether oxygens (including phenoxy) is 3. The SMILES string of the molecule is c1ccc2c(c1)OC[C@@H](COc1ncnc3sc4c(c13)CCC4)O2. The van der Waals surface area contributed by atoms with E-state index in [-0.39, 0.29) is 6.10 Å². The predicted molar refractivity (Wildman–Crippen MR) is 91.3 cm³/mol. The van der Waals surface area contributed by atoms with E-state index in [2.05, 4.69) is 9.97 Å². The molecule has 0 saturated heterocycles. The lowest BCUT2D eigenvalue weighted by Crippen LogP contribution is -2.34. The first-order chi connectivity index (χ1) is 11.9. The molecule has 0 radical (unpaired) electrons. The van der Waals surface area contributed by atoms with Gasteiger partial charge in [-0.2, -0.15) is 0 Å². The number of thiophene rings is 1. The van der Waals surface area contributed by atoms with Crippen molar-refractivity contribution in [1.29, 1.82) is 0 Å². The molecule has 0 amide bonds. The first-order valence-corrected chi connectivity index (χ1v) is 8.96. The average molecular weight is 340 g/mol. The fraction of sp³-hybridized carbons (Fsp3) is 0.333. The molecule has 2 aliphatic rings. The van der Waals surface area contributed by atoms with Crippen LogP contribution in [0.25, 0.3) is 10.2 Å². The summed E-state index contributed by atoms with van der Waals surface area (Å²) in [5, 5.41) is 1.09. The summed E-state index contributed by atoms with van der Waals surface area (Å²) in [6.45, 7) is 0.887. The largest absolute Gasteiger partial charge is 0.486 e. The van der Waals surface area contributed by atoms with E-state index < -0.39 is 0 Å². The standard InChI is InChI=1S/C18H16N2O3S/c1-2-6-14-13(5-1)21-8-11(23-14)9-22-17-16-12-4-3-7-15(12)24-18(16)20-10-19-17/h1-2,5-6,10-11H,3-4,7-9H2/t11-/m0/s1. The van der Waals surface area contributed by atoms with Crippen LogP contribution in [-0.4, -0.2) is 29.3 Å². The zero-order valence-corrected chi connectivity index (χ0v) is 13.8. The van der Waals surface area contributed by atoms with Crippen LogP contribution in [0.2, 0.25) is 0 Å². The minimum Gasteiger partial charge on any atom is -0.486 e. The second-order valence-corrected chi connectivity index (χ2v) is 7.11. The van der Waals surface area contributed by atoms with Crippen molar-refractivity contribution in [3.05, 3.63) is 41.0 Å². The van der Waals surface area contributed by atoms with Gasteiger partial charge in [0.05, 0.1) is 5.39 Å². The lowest BCUT2D eigenvalue weighted by Gasteiger charge is -2.26. The smallest absolute Gasteiger partial charge is 0.225 e. The third kappa shape index (κ3) is 2.29. The normalized spacial score (nSPS) is 18.6. The molecule has 3 aromatic rings. The first-order valence-electron chi connectivity index (χ1n) is 8.15.